The summed E-state index contributed by atoms with van der Waals surface area (Å²) in [5.74, 6) is -0.550. The third-order valence-corrected chi connectivity index (χ3v) is 10.8. The third-order valence-electron chi connectivity index (χ3n) is 6.81. The van der Waals surface area contributed by atoms with E-state index in [4.69, 9.17) is 11.6 Å². The molecule has 2 aliphatic rings. The van der Waals surface area contributed by atoms with E-state index in [0.717, 1.165) is 5.56 Å². The molecule has 5 rings (SSSR count). The van der Waals surface area contributed by atoms with Crippen LogP contribution in [0.1, 0.15) is 18.4 Å². The number of hydrogen-bond acceptors (Lipinski definition) is 5. The summed E-state index contributed by atoms with van der Waals surface area (Å²) in [5, 5.41) is 3.35. The van der Waals surface area contributed by atoms with Crippen LogP contribution in [-0.2, 0) is 31.3 Å². The Kier molecular flexibility index (Phi) is 7.01. The minimum Gasteiger partial charge on any atom is -0.326 e. The molecule has 0 saturated carbocycles. The lowest BCUT2D eigenvalue weighted by Gasteiger charge is -2.30. The van der Waals surface area contributed by atoms with Gasteiger partial charge in [-0.25, -0.2) is 16.8 Å². The molecule has 8 nitrogen and oxygen atoms in total. The maximum atomic E-state index is 13.2. The maximum Gasteiger partial charge on any atom is 0.264 e. The summed E-state index contributed by atoms with van der Waals surface area (Å²) in [5.41, 5.74) is 1.92. The van der Waals surface area contributed by atoms with Crippen molar-refractivity contribution in [3.05, 3.63) is 83.4 Å². The van der Waals surface area contributed by atoms with Crippen LogP contribution in [0.25, 0.3) is 0 Å². The van der Waals surface area contributed by atoms with Crippen molar-refractivity contribution in [2.75, 3.05) is 29.3 Å². The molecule has 194 valence electrons. The SMILES string of the molecule is O=C(Nc1ccc2c(c1)N(S(=O)(=O)c1ccc(Cl)cc1)CC2)C1CCN(S(=O)(=O)c2ccccc2)CC1. The first-order valence-corrected chi connectivity index (χ1v) is 15.2. The minimum atomic E-state index is -3.78. The Labute approximate surface area is 222 Å². The van der Waals surface area contributed by atoms with Crippen LogP contribution < -0.4 is 9.62 Å². The van der Waals surface area contributed by atoms with E-state index in [1.165, 1.54) is 20.7 Å². The maximum absolute atomic E-state index is 13.2. The number of nitrogens with one attached hydrogen (secondary N) is 1. The summed E-state index contributed by atoms with van der Waals surface area (Å²) in [4.78, 5) is 13.4. The molecule has 0 aromatic heterocycles. The number of nitrogens with zero attached hydrogens (tertiary/aromatic N) is 2. The number of fused-ring (bicyclic) bond motifs is 1. The number of sulfonamides is 2. The van der Waals surface area contributed by atoms with Gasteiger partial charge < -0.3 is 5.32 Å². The number of halogens is 1. The number of carbonyl (C=O) groups is 1. The molecule has 3 aromatic rings. The summed E-state index contributed by atoms with van der Waals surface area (Å²) in [7, 11) is -7.37. The van der Waals surface area contributed by atoms with Gasteiger partial charge in [0.15, 0.2) is 0 Å². The highest BCUT2D eigenvalue weighted by Crippen LogP contribution is 2.35. The average molecular weight is 560 g/mol. The normalized spacial score (nSPS) is 16.9. The van der Waals surface area contributed by atoms with Gasteiger partial charge in [-0.05, 0) is 73.4 Å². The first-order chi connectivity index (χ1) is 17.7. The fraction of sp³-hybridized carbons (Fsp3) is 0.269. The van der Waals surface area contributed by atoms with E-state index in [0.29, 0.717) is 42.2 Å². The lowest BCUT2D eigenvalue weighted by atomic mass is 9.97. The van der Waals surface area contributed by atoms with E-state index < -0.39 is 20.0 Å². The summed E-state index contributed by atoms with van der Waals surface area (Å²) < 4.78 is 55.0. The predicted molar refractivity (Wildman–Crippen MR) is 143 cm³/mol. The monoisotopic (exact) mass is 559 g/mol. The Bertz CT molecular complexity index is 1520. The molecule has 37 heavy (non-hydrogen) atoms. The Balaban J connectivity index is 1.26. The Morgan fingerprint density at radius 2 is 1.46 bits per heavy atom. The van der Waals surface area contributed by atoms with Crippen molar-refractivity contribution in [3.8, 4) is 0 Å². The van der Waals surface area contributed by atoms with Gasteiger partial charge in [0.1, 0.15) is 0 Å². The quantitative estimate of drug-likeness (QED) is 0.489. The van der Waals surface area contributed by atoms with Crippen molar-refractivity contribution in [3.63, 3.8) is 0 Å². The predicted octanol–water partition coefficient (Wildman–Crippen LogP) is 4.13. The molecule has 0 aliphatic carbocycles. The third kappa shape index (κ3) is 5.11. The molecule has 0 spiro atoms. The van der Waals surface area contributed by atoms with Crippen LogP contribution in [0.15, 0.2) is 82.6 Å². The second kappa shape index (κ2) is 10.1. The highest BCUT2D eigenvalue weighted by molar-refractivity contribution is 7.92. The molecule has 0 atom stereocenters. The topological polar surface area (TPSA) is 104 Å². The van der Waals surface area contributed by atoms with Gasteiger partial charge >= 0.3 is 0 Å². The highest BCUT2D eigenvalue weighted by Gasteiger charge is 2.33. The number of carbonyl (C=O) groups excluding carboxylic acids is 1. The van der Waals surface area contributed by atoms with Gasteiger partial charge in [-0.1, -0.05) is 35.9 Å². The average Bonchev–Trinajstić information content (AvgIpc) is 3.34. The van der Waals surface area contributed by atoms with E-state index in [2.05, 4.69) is 5.32 Å². The lowest BCUT2D eigenvalue weighted by Crippen LogP contribution is -2.41. The number of hydrogen-bond donors (Lipinski definition) is 1. The van der Waals surface area contributed by atoms with E-state index in [-0.39, 0.29) is 34.7 Å². The second-order valence-corrected chi connectivity index (χ2v) is 13.3. The zero-order valence-corrected chi connectivity index (χ0v) is 22.3. The van der Waals surface area contributed by atoms with Crippen molar-refractivity contribution < 1.29 is 21.6 Å². The molecule has 0 radical (unpaired) electrons. The molecule has 1 N–H and O–H groups in total. The summed E-state index contributed by atoms with van der Waals surface area (Å²) in [6, 6.07) is 19.6. The van der Waals surface area contributed by atoms with E-state index in [1.54, 1.807) is 54.6 Å². The van der Waals surface area contributed by atoms with Gasteiger partial charge in [0, 0.05) is 36.3 Å². The number of anilines is 2. The van der Waals surface area contributed by atoms with Crippen LogP contribution in [0, 0.1) is 5.92 Å². The van der Waals surface area contributed by atoms with Gasteiger partial charge in [-0.2, -0.15) is 4.31 Å². The van der Waals surface area contributed by atoms with Crippen molar-refractivity contribution in [1.29, 1.82) is 0 Å². The van der Waals surface area contributed by atoms with Crippen molar-refractivity contribution in [2.24, 2.45) is 5.92 Å². The van der Waals surface area contributed by atoms with Crippen molar-refractivity contribution in [1.82, 2.24) is 4.31 Å². The molecule has 1 amide bonds. The fourth-order valence-electron chi connectivity index (χ4n) is 4.76. The first kappa shape index (κ1) is 25.7. The zero-order valence-electron chi connectivity index (χ0n) is 19.9. The van der Waals surface area contributed by atoms with Gasteiger partial charge in [-0.15, -0.1) is 0 Å². The molecular formula is C26H26ClN3O5S2. The van der Waals surface area contributed by atoms with E-state index in [1.807, 2.05) is 6.07 Å². The molecule has 2 aliphatic heterocycles. The molecular weight excluding hydrogens is 534 g/mol. The first-order valence-electron chi connectivity index (χ1n) is 11.9. The van der Waals surface area contributed by atoms with Gasteiger partial charge in [0.05, 0.1) is 15.5 Å². The summed E-state index contributed by atoms with van der Waals surface area (Å²) >= 11 is 5.91. The molecule has 3 aromatic carbocycles. The zero-order chi connectivity index (χ0) is 26.2. The van der Waals surface area contributed by atoms with E-state index >= 15 is 0 Å². The highest BCUT2D eigenvalue weighted by atomic mass is 35.5. The van der Waals surface area contributed by atoms with Crippen LogP contribution in [0.5, 0.6) is 0 Å². The van der Waals surface area contributed by atoms with Crippen molar-refractivity contribution >= 4 is 48.9 Å². The molecule has 0 bridgehead atoms. The van der Waals surface area contributed by atoms with Gasteiger partial charge in [0.25, 0.3) is 10.0 Å². The van der Waals surface area contributed by atoms with Crippen LogP contribution >= 0.6 is 11.6 Å². The van der Waals surface area contributed by atoms with Crippen LogP contribution in [0.4, 0.5) is 11.4 Å². The molecule has 1 saturated heterocycles. The number of rotatable bonds is 6. The van der Waals surface area contributed by atoms with Gasteiger partial charge in [0.2, 0.25) is 15.9 Å². The largest absolute Gasteiger partial charge is 0.326 e. The molecule has 0 unspecified atom stereocenters. The fourth-order valence-corrected chi connectivity index (χ4v) is 7.87. The van der Waals surface area contributed by atoms with Crippen molar-refractivity contribution in [2.45, 2.75) is 29.1 Å². The summed E-state index contributed by atoms with van der Waals surface area (Å²) in [6.07, 6.45) is 1.38. The van der Waals surface area contributed by atoms with Crippen LogP contribution in [-0.4, -0.2) is 46.7 Å². The number of piperidine rings is 1. The Morgan fingerprint density at radius 3 is 2.14 bits per heavy atom. The molecule has 1 fully saturated rings. The standard InChI is InChI=1S/C26H26ClN3O5S2/c27-21-7-10-24(11-8-21)37(34,35)30-17-14-19-6-9-22(18-25(19)30)28-26(31)20-12-15-29(16-13-20)36(32,33)23-4-2-1-3-5-23/h1-11,18,20H,12-17H2,(H,28,31). The number of amides is 1. The smallest absolute Gasteiger partial charge is 0.264 e. The minimum absolute atomic E-state index is 0.149. The number of benzene rings is 3. The van der Waals surface area contributed by atoms with Crippen LogP contribution in [0.2, 0.25) is 5.02 Å². The Hall–Kier alpha value is -2.92. The molecule has 11 heteroatoms. The summed E-state index contributed by atoms with van der Waals surface area (Å²) in [6.45, 7) is 0.825. The van der Waals surface area contributed by atoms with Gasteiger partial charge in [-0.3, -0.25) is 9.10 Å². The van der Waals surface area contributed by atoms with Crippen LogP contribution in [0.3, 0.4) is 0 Å². The second-order valence-electron chi connectivity index (χ2n) is 9.11. The molecule has 2 heterocycles. The van der Waals surface area contributed by atoms with E-state index in [9.17, 15) is 21.6 Å². The lowest BCUT2D eigenvalue weighted by molar-refractivity contribution is -0.120. The Morgan fingerprint density at radius 1 is 0.811 bits per heavy atom.